The molecule has 0 radical (unpaired) electrons. The van der Waals surface area contributed by atoms with Crippen LogP contribution in [0.1, 0.15) is 25.6 Å². The molecule has 5 heteroatoms. The maximum atomic E-state index is 13.6. The number of rotatable bonds is 5. The van der Waals surface area contributed by atoms with Crippen LogP contribution in [0.15, 0.2) is 72.1 Å². The summed E-state index contributed by atoms with van der Waals surface area (Å²) in [7, 11) is 0. The Hall–Kier alpha value is -3.05. The highest BCUT2D eigenvalue weighted by molar-refractivity contribution is 7.10. The fourth-order valence-corrected chi connectivity index (χ4v) is 2.73. The maximum Gasteiger partial charge on any atom is 0.346 e. The summed E-state index contributed by atoms with van der Waals surface area (Å²) < 4.78 is 18.7. The molecule has 0 N–H and O–H groups in total. The van der Waals surface area contributed by atoms with Gasteiger partial charge in [-0.05, 0) is 60.0 Å². The number of hydrogen-bond donors (Lipinski definition) is 0. The third kappa shape index (κ3) is 4.28. The molecule has 25 heavy (non-hydrogen) atoms. The Morgan fingerprint density at radius 3 is 2.40 bits per heavy atom. The van der Waals surface area contributed by atoms with Crippen LogP contribution in [0.2, 0.25) is 0 Å². The normalized spacial score (nSPS) is 10.8. The minimum absolute atomic E-state index is 0.137. The van der Waals surface area contributed by atoms with Crippen molar-refractivity contribution in [3.8, 4) is 5.75 Å². The first-order chi connectivity index (χ1) is 12.1. The quantitative estimate of drug-likeness (QED) is 0.281. The summed E-state index contributed by atoms with van der Waals surface area (Å²) >= 11 is 1.54. The number of esters is 1. The fourth-order valence-electron chi connectivity index (χ4n) is 2.12. The van der Waals surface area contributed by atoms with Crippen LogP contribution in [0.25, 0.3) is 6.08 Å². The number of carbonyl (C=O) groups excluding carboxylic acids is 2. The monoisotopic (exact) mass is 352 g/mol. The van der Waals surface area contributed by atoms with E-state index in [4.69, 9.17) is 4.74 Å². The van der Waals surface area contributed by atoms with Crippen LogP contribution in [-0.4, -0.2) is 11.8 Å². The molecule has 0 aliphatic heterocycles. The summed E-state index contributed by atoms with van der Waals surface area (Å²) in [6, 6.07) is 15.6. The molecule has 0 aliphatic carbocycles. The highest BCUT2D eigenvalue weighted by Crippen LogP contribution is 2.17. The SMILES string of the molecule is O=C(C=Cc1cccs1)c1ccc(OC(=O)c2ccccc2F)cc1. The van der Waals surface area contributed by atoms with E-state index in [-0.39, 0.29) is 17.1 Å². The summed E-state index contributed by atoms with van der Waals surface area (Å²) in [5.74, 6) is -1.33. The molecule has 1 heterocycles. The van der Waals surface area contributed by atoms with E-state index in [0.29, 0.717) is 5.56 Å². The molecule has 0 saturated carbocycles. The molecule has 2 aromatic carbocycles. The standard InChI is InChI=1S/C20H13FO3S/c21-18-6-2-1-5-17(18)20(23)24-15-9-7-14(8-10-15)19(22)12-11-16-4-3-13-25-16/h1-13H. The molecule has 0 amide bonds. The van der Waals surface area contributed by atoms with Gasteiger partial charge in [0, 0.05) is 10.4 Å². The lowest BCUT2D eigenvalue weighted by Crippen LogP contribution is -2.10. The fraction of sp³-hybridized carbons (Fsp3) is 0. The Balaban J connectivity index is 1.67. The third-order valence-electron chi connectivity index (χ3n) is 3.39. The van der Waals surface area contributed by atoms with Gasteiger partial charge in [0.2, 0.25) is 0 Å². The number of ketones is 1. The average molecular weight is 352 g/mol. The molecule has 1 aromatic heterocycles. The predicted molar refractivity (Wildman–Crippen MR) is 95.5 cm³/mol. The molecule has 0 unspecified atom stereocenters. The first kappa shape index (κ1) is 16.8. The molecule has 3 nitrogen and oxygen atoms in total. The summed E-state index contributed by atoms with van der Waals surface area (Å²) in [6.07, 6.45) is 3.24. The maximum absolute atomic E-state index is 13.6. The van der Waals surface area contributed by atoms with Gasteiger partial charge in [-0.3, -0.25) is 4.79 Å². The number of carbonyl (C=O) groups is 2. The van der Waals surface area contributed by atoms with Gasteiger partial charge in [0.15, 0.2) is 5.78 Å². The van der Waals surface area contributed by atoms with Gasteiger partial charge in [0.1, 0.15) is 11.6 Å². The van der Waals surface area contributed by atoms with Crippen molar-refractivity contribution < 1.29 is 18.7 Å². The second-order valence-corrected chi connectivity index (χ2v) is 6.09. The summed E-state index contributed by atoms with van der Waals surface area (Å²) in [5, 5.41) is 1.93. The smallest absolute Gasteiger partial charge is 0.346 e. The average Bonchev–Trinajstić information content (AvgIpc) is 3.14. The Morgan fingerprint density at radius 1 is 0.960 bits per heavy atom. The zero-order valence-corrected chi connectivity index (χ0v) is 13.8. The zero-order valence-electron chi connectivity index (χ0n) is 13.0. The van der Waals surface area contributed by atoms with E-state index in [9.17, 15) is 14.0 Å². The molecule has 0 saturated heterocycles. The first-order valence-corrected chi connectivity index (χ1v) is 8.34. The lowest BCUT2D eigenvalue weighted by Gasteiger charge is -2.05. The lowest BCUT2D eigenvalue weighted by molar-refractivity contribution is 0.0730. The molecule has 0 aliphatic rings. The van der Waals surface area contributed by atoms with E-state index < -0.39 is 11.8 Å². The van der Waals surface area contributed by atoms with Gasteiger partial charge < -0.3 is 4.74 Å². The summed E-state index contributed by atoms with van der Waals surface area (Å²) in [4.78, 5) is 25.0. The van der Waals surface area contributed by atoms with Crippen molar-refractivity contribution in [1.29, 1.82) is 0 Å². The number of allylic oxidation sites excluding steroid dienone is 1. The Bertz CT molecular complexity index is 912. The molecular formula is C20H13FO3S. The van der Waals surface area contributed by atoms with Gasteiger partial charge in [-0.25, -0.2) is 9.18 Å². The predicted octanol–water partition coefficient (Wildman–Crippen LogP) is 5.00. The van der Waals surface area contributed by atoms with Crippen molar-refractivity contribution in [2.45, 2.75) is 0 Å². The van der Waals surface area contributed by atoms with Crippen LogP contribution in [0.3, 0.4) is 0 Å². The van der Waals surface area contributed by atoms with Gasteiger partial charge in [-0.2, -0.15) is 0 Å². The molecular weight excluding hydrogens is 339 g/mol. The van der Waals surface area contributed by atoms with Crippen molar-refractivity contribution in [3.63, 3.8) is 0 Å². The number of ether oxygens (including phenoxy) is 1. The molecule has 3 rings (SSSR count). The topological polar surface area (TPSA) is 43.4 Å². The molecule has 3 aromatic rings. The van der Waals surface area contributed by atoms with E-state index in [1.165, 1.54) is 36.4 Å². The highest BCUT2D eigenvalue weighted by atomic mass is 32.1. The van der Waals surface area contributed by atoms with Crippen molar-refractivity contribution in [2.24, 2.45) is 0 Å². The van der Waals surface area contributed by atoms with Gasteiger partial charge in [0.05, 0.1) is 5.56 Å². The summed E-state index contributed by atoms with van der Waals surface area (Å²) in [6.45, 7) is 0. The third-order valence-corrected chi connectivity index (χ3v) is 4.22. The lowest BCUT2D eigenvalue weighted by atomic mass is 10.1. The zero-order chi connectivity index (χ0) is 17.6. The minimum atomic E-state index is -0.783. The largest absolute Gasteiger partial charge is 0.423 e. The number of thiophene rings is 1. The Morgan fingerprint density at radius 2 is 1.72 bits per heavy atom. The van der Waals surface area contributed by atoms with Crippen molar-refractivity contribution in [1.82, 2.24) is 0 Å². The summed E-state index contributed by atoms with van der Waals surface area (Å²) in [5.41, 5.74) is 0.333. The van der Waals surface area contributed by atoms with E-state index in [0.717, 1.165) is 4.88 Å². The second-order valence-electron chi connectivity index (χ2n) is 5.11. The highest BCUT2D eigenvalue weighted by Gasteiger charge is 2.13. The number of hydrogen-bond acceptors (Lipinski definition) is 4. The molecule has 0 atom stereocenters. The van der Waals surface area contributed by atoms with Crippen LogP contribution in [0.5, 0.6) is 5.75 Å². The Labute approximate surface area is 148 Å². The van der Waals surface area contributed by atoms with E-state index >= 15 is 0 Å². The molecule has 0 spiro atoms. The van der Waals surface area contributed by atoms with Gasteiger partial charge in [-0.1, -0.05) is 18.2 Å². The molecule has 0 fully saturated rings. The number of halogens is 1. The van der Waals surface area contributed by atoms with E-state index in [1.54, 1.807) is 35.6 Å². The molecule has 124 valence electrons. The van der Waals surface area contributed by atoms with Crippen molar-refractivity contribution >= 4 is 29.2 Å². The molecule has 0 bridgehead atoms. The Kier molecular flexibility index (Phi) is 5.16. The van der Waals surface area contributed by atoms with Crippen LogP contribution in [0.4, 0.5) is 4.39 Å². The number of benzene rings is 2. The van der Waals surface area contributed by atoms with E-state index in [2.05, 4.69) is 0 Å². The van der Waals surface area contributed by atoms with Gasteiger partial charge in [-0.15, -0.1) is 11.3 Å². The van der Waals surface area contributed by atoms with Crippen molar-refractivity contribution in [3.05, 3.63) is 93.9 Å². The van der Waals surface area contributed by atoms with E-state index in [1.807, 2.05) is 17.5 Å². The van der Waals surface area contributed by atoms with Gasteiger partial charge in [0.25, 0.3) is 0 Å². The second kappa shape index (κ2) is 7.68. The van der Waals surface area contributed by atoms with Crippen LogP contribution >= 0.6 is 11.3 Å². The van der Waals surface area contributed by atoms with Crippen LogP contribution < -0.4 is 4.74 Å². The van der Waals surface area contributed by atoms with Gasteiger partial charge >= 0.3 is 5.97 Å². The van der Waals surface area contributed by atoms with Crippen molar-refractivity contribution in [2.75, 3.05) is 0 Å². The minimum Gasteiger partial charge on any atom is -0.423 e. The first-order valence-electron chi connectivity index (χ1n) is 7.46. The van der Waals surface area contributed by atoms with Crippen LogP contribution in [0, 0.1) is 5.82 Å². The van der Waals surface area contributed by atoms with Crippen LogP contribution in [-0.2, 0) is 0 Å².